The molecule has 24 heavy (non-hydrogen) atoms. The quantitative estimate of drug-likeness (QED) is 0.573. The van der Waals surface area contributed by atoms with Crippen LogP contribution in [0.2, 0.25) is 0 Å². The maximum absolute atomic E-state index is 12.5. The summed E-state index contributed by atoms with van der Waals surface area (Å²) in [5.41, 5.74) is 2.27. The van der Waals surface area contributed by atoms with Gasteiger partial charge in [-0.15, -0.1) is 6.58 Å². The van der Waals surface area contributed by atoms with E-state index in [9.17, 15) is 15.0 Å². The number of aliphatic hydroxyl groups is 2. The number of fused-ring (bicyclic) bond motifs is 4. The monoisotopic (exact) mass is 330 g/mol. The maximum atomic E-state index is 12.5. The zero-order valence-electron chi connectivity index (χ0n) is 14.4. The molecule has 2 aliphatic heterocycles. The lowest BCUT2D eigenvalue weighted by atomic mass is 9.54. The van der Waals surface area contributed by atoms with Crippen molar-refractivity contribution in [3.8, 4) is 0 Å². The topological polar surface area (TPSA) is 66.8 Å². The average molecular weight is 330 g/mol. The molecule has 0 aromatic heterocycles. The van der Waals surface area contributed by atoms with Crippen molar-refractivity contribution in [2.24, 2.45) is 22.7 Å². The zero-order valence-corrected chi connectivity index (χ0v) is 14.4. The molecule has 0 amide bonds. The number of carbonyl (C=O) groups excluding carboxylic acids is 1. The molecular formula is C20H26O4. The van der Waals surface area contributed by atoms with E-state index < -0.39 is 17.6 Å². The molecule has 0 spiro atoms. The fourth-order valence-electron chi connectivity index (χ4n) is 5.28. The molecule has 130 valence electrons. The van der Waals surface area contributed by atoms with Crippen molar-refractivity contribution in [1.82, 2.24) is 0 Å². The summed E-state index contributed by atoms with van der Waals surface area (Å²) in [4.78, 5) is 12.5. The highest BCUT2D eigenvalue weighted by atomic mass is 16.5. The van der Waals surface area contributed by atoms with Gasteiger partial charge in [0.2, 0.25) is 0 Å². The molecule has 0 unspecified atom stereocenters. The molecule has 5 rings (SSSR count). The molecule has 0 radical (unpaired) electrons. The molecule has 2 heterocycles. The molecule has 3 aliphatic carbocycles. The van der Waals surface area contributed by atoms with Gasteiger partial charge in [0.25, 0.3) is 0 Å². The Morgan fingerprint density at radius 2 is 2.08 bits per heavy atom. The first kappa shape index (κ1) is 16.1. The van der Waals surface area contributed by atoms with E-state index in [0.717, 1.165) is 30.4 Å². The van der Waals surface area contributed by atoms with Gasteiger partial charge in [-0.2, -0.15) is 0 Å². The lowest BCUT2D eigenvalue weighted by Gasteiger charge is -2.50. The van der Waals surface area contributed by atoms with Crippen LogP contribution in [0.5, 0.6) is 0 Å². The summed E-state index contributed by atoms with van der Waals surface area (Å²) in [6.45, 7) is 8.32. The van der Waals surface area contributed by atoms with Crippen molar-refractivity contribution >= 4 is 5.97 Å². The van der Waals surface area contributed by atoms with Crippen LogP contribution < -0.4 is 0 Å². The van der Waals surface area contributed by atoms with E-state index in [1.807, 2.05) is 13.0 Å². The first-order chi connectivity index (χ1) is 11.3. The summed E-state index contributed by atoms with van der Waals surface area (Å²) >= 11 is 0. The van der Waals surface area contributed by atoms with Gasteiger partial charge < -0.3 is 14.9 Å². The molecule has 2 N–H and O–H groups in total. The van der Waals surface area contributed by atoms with Gasteiger partial charge in [0.15, 0.2) is 0 Å². The number of rotatable bonds is 1. The van der Waals surface area contributed by atoms with Crippen molar-refractivity contribution in [2.45, 2.75) is 51.7 Å². The summed E-state index contributed by atoms with van der Waals surface area (Å²) < 4.78 is 5.51. The number of allylic oxidation sites excluding steroid dienone is 2. The fraction of sp³-hybridized carbons (Fsp3) is 0.650. The number of carbonyl (C=O) groups is 1. The second kappa shape index (κ2) is 5.06. The van der Waals surface area contributed by atoms with E-state index in [2.05, 4.69) is 19.6 Å². The maximum Gasteiger partial charge on any atom is 0.312 e. The Balaban J connectivity index is 1.94. The zero-order chi connectivity index (χ0) is 17.3. The smallest absolute Gasteiger partial charge is 0.312 e. The van der Waals surface area contributed by atoms with Crippen LogP contribution in [0.1, 0.15) is 39.5 Å². The van der Waals surface area contributed by atoms with E-state index in [1.165, 1.54) is 5.57 Å². The Kier molecular flexibility index (Phi) is 3.39. The number of aliphatic hydroxyl groups excluding tert-OH is 2. The lowest BCUT2D eigenvalue weighted by Crippen LogP contribution is -2.53. The van der Waals surface area contributed by atoms with Crippen LogP contribution in [0.25, 0.3) is 0 Å². The highest BCUT2D eigenvalue weighted by Gasteiger charge is 2.59. The van der Waals surface area contributed by atoms with Crippen LogP contribution in [-0.2, 0) is 9.53 Å². The van der Waals surface area contributed by atoms with Gasteiger partial charge in [0.05, 0.1) is 18.1 Å². The minimum atomic E-state index is -0.958. The van der Waals surface area contributed by atoms with E-state index in [0.29, 0.717) is 13.0 Å². The predicted octanol–water partition coefficient (Wildman–Crippen LogP) is 2.52. The fourth-order valence-corrected chi connectivity index (χ4v) is 5.28. The summed E-state index contributed by atoms with van der Waals surface area (Å²) in [6, 6.07) is 0. The van der Waals surface area contributed by atoms with Crippen molar-refractivity contribution in [1.29, 1.82) is 0 Å². The minimum absolute atomic E-state index is 0.160. The van der Waals surface area contributed by atoms with Gasteiger partial charge in [-0.05, 0) is 43.8 Å². The van der Waals surface area contributed by atoms with Crippen LogP contribution in [0.4, 0.5) is 0 Å². The minimum Gasteiger partial charge on any atom is -0.465 e. The van der Waals surface area contributed by atoms with Crippen LogP contribution in [-0.4, -0.2) is 35.0 Å². The Morgan fingerprint density at radius 3 is 2.79 bits per heavy atom. The van der Waals surface area contributed by atoms with Gasteiger partial charge >= 0.3 is 5.97 Å². The largest absolute Gasteiger partial charge is 0.465 e. The number of ether oxygens (including phenoxy) is 1. The molecular weight excluding hydrogens is 304 g/mol. The second-order valence-electron chi connectivity index (χ2n) is 8.41. The molecule has 2 bridgehead atoms. The molecule has 5 aliphatic rings. The van der Waals surface area contributed by atoms with Gasteiger partial charge in [0, 0.05) is 17.3 Å². The van der Waals surface area contributed by atoms with Crippen molar-refractivity contribution in [2.75, 3.05) is 6.61 Å². The van der Waals surface area contributed by atoms with Crippen LogP contribution >= 0.6 is 0 Å². The molecule has 1 saturated carbocycles. The third-order valence-electron chi connectivity index (χ3n) is 6.90. The number of hydrogen-bond donors (Lipinski definition) is 2. The van der Waals surface area contributed by atoms with Gasteiger partial charge in [-0.25, -0.2) is 0 Å². The molecule has 0 aromatic rings. The molecule has 0 aromatic carbocycles. The Morgan fingerprint density at radius 1 is 1.33 bits per heavy atom. The second-order valence-corrected chi connectivity index (χ2v) is 8.41. The SMILES string of the molecule is C=C[C@]1(C)C=C2C(=C3[C@@H]4CC[C@@](C)(C(=O)OC4)[C@H]3[C@@H](O)[C@H]2O)CC1. The van der Waals surface area contributed by atoms with Crippen LogP contribution in [0.15, 0.2) is 35.5 Å². The molecule has 4 heteroatoms. The molecule has 6 atom stereocenters. The van der Waals surface area contributed by atoms with Crippen LogP contribution in [0, 0.1) is 22.7 Å². The van der Waals surface area contributed by atoms with Crippen molar-refractivity contribution < 1.29 is 19.7 Å². The van der Waals surface area contributed by atoms with Crippen molar-refractivity contribution in [3.63, 3.8) is 0 Å². The summed E-state index contributed by atoms with van der Waals surface area (Å²) in [7, 11) is 0. The van der Waals surface area contributed by atoms with Gasteiger partial charge in [0.1, 0.15) is 6.10 Å². The first-order valence-corrected chi connectivity index (χ1v) is 8.94. The summed E-state index contributed by atoms with van der Waals surface area (Å²) in [5.74, 6) is -0.388. The normalized spacial score (nSPS) is 47.3. The van der Waals surface area contributed by atoms with Crippen LogP contribution in [0.3, 0.4) is 0 Å². The Labute approximate surface area is 142 Å². The number of esters is 1. The highest BCUT2D eigenvalue weighted by Crippen LogP contribution is 2.58. The van der Waals surface area contributed by atoms with Gasteiger partial charge in [-0.1, -0.05) is 24.6 Å². The average Bonchev–Trinajstić information content (AvgIpc) is 2.78. The molecule has 2 saturated heterocycles. The summed E-state index contributed by atoms with van der Waals surface area (Å²) in [6.07, 6.45) is 5.49. The van der Waals surface area contributed by atoms with Crippen molar-refractivity contribution in [3.05, 3.63) is 35.5 Å². The predicted molar refractivity (Wildman–Crippen MR) is 89.9 cm³/mol. The Bertz CT molecular complexity index is 675. The highest BCUT2D eigenvalue weighted by molar-refractivity contribution is 5.79. The third kappa shape index (κ3) is 1.96. The van der Waals surface area contributed by atoms with E-state index in [1.54, 1.807) is 0 Å². The summed E-state index contributed by atoms with van der Waals surface area (Å²) in [5, 5.41) is 21.7. The standard InChI is InChI=1S/C20H26O4/c1-4-19(2)7-6-12-13(9-19)16(21)17(22)15-14(12)11-5-8-20(15,3)18(23)24-10-11/h4,9,11,15-17,21-22H,1,5-8,10H2,2-3H3/t11-,15-,16+,17-,19+,20-/m1/s1. The first-order valence-electron chi connectivity index (χ1n) is 8.94. The third-order valence-corrected chi connectivity index (χ3v) is 6.90. The van der Waals surface area contributed by atoms with E-state index in [4.69, 9.17) is 4.74 Å². The van der Waals surface area contributed by atoms with E-state index in [-0.39, 0.29) is 23.2 Å². The molecule has 4 nitrogen and oxygen atoms in total. The molecule has 3 fully saturated rings. The Hall–Kier alpha value is -1.39. The van der Waals surface area contributed by atoms with E-state index >= 15 is 0 Å². The lowest BCUT2D eigenvalue weighted by molar-refractivity contribution is -0.159. The van der Waals surface area contributed by atoms with Gasteiger partial charge in [-0.3, -0.25) is 4.79 Å². The number of hydrogen-bond acceptors (Lipinski definition) is 4.